The number of halogens is 3. The van der Waals surface area contributed by atoms with Gasteiger partial charge in [0.25, 0.3) is 5.90 Å². The van der Waals surface area contributed by atoms with Crippen molar-refractivity contribution in [2.24, 2.45) is 4.99 Å². The van der Waals surface area contributed by atoms with Gasteiger partial charge in [0.1, 0.15) is 24.9 Å². The molecule has 0 aromatic heterocycles. The van der Waals surface area contributed by atoms with Crippen LogP contribution in [0.4, 0.5) is 23.7 Å². The van der Waals surface area contributed by atoms with E-state index in [1.807, 2.05) is 140 Å². The Morgan fingerprint density at radius 3 is 1.58 bits per heavy atom. The van der Waals surface area contributed by atoms with Crippen molar-refractivity contribution in [1.82, 2.24) is 0 Å². The molecule has 0 N–H and O–H groups in total. The van der Waals surface area contributed by atoms with Crippen LogP contribution in [-0.4, -0.2) is 62.1 Å². The van der Waals surface area contributed by atoms with Crippen LogP contribution in [0.2, 0.25) is 0 Å². The van der Waals surface area contributed by atoms with Gasteiger partial charge in [0.15, 0.2) is 6.10 Å². The molecule has 6 aromatic rings. The monoisotopic (exact) mass is 843 g/mol. The fourth-order valence-electron chi connectivity index (χ4n) is 7.65. The summed E-state index contributed by atoms with van der Waals surface area (Å²) in [4.78, 5) is 17.8. The van der Waals surface area contributed by atoms with E-state index in [9.17, 15) is 18.0 Å². The number of hydrogen-bond acceptors (Lipinski definition) is 9. The summed E-state index contributed by atoms with van der Waals surface area (Å²) in [6.45, 7) is -0.0868. The zero-order valence-electron chi connectivity index (χ0n) is 33.5. The minimum Gasteiger partial charge on any atom is -0.440 e. The molecule has 1 aliphatic carbocycles. The van der Waals surface area contributed by atoms with Gasteiger partial charge in [-0.1, -0.05) is 158 Å². The lowest BCUT2D eigenvalue weighted by atomic mass is 9.97. The number of alkyl halides is 3. The molecule has 12 heteroatoms. The van der Waals surface area contributed by atoms with Crippen molar-refractivity contribution < 1.29 is 51.1 Å². The van der Waals surface area contributed by atoms with E-state index in [-0.39, 0.29) is 44.6 Å². The quantitative estimate of drug-likeness (QED) is 0.0573. The Labute approximate surface area is 357 Å². The SMILES string of the molecule is O=C(OCC1c2ccccc2-c2ccccc21)O[C@@H]1C(OC(=Nc2ccccc2)C(F)(F)F)O[C@H](COCc2ccccc2)[C@@H](OCc2ccccc2)[C@@H]1OCc1ccccc1. The first kappa shape index (κ1) is 42.4. The van der Waals surface area contributed by atoms with E-state index in [1.165, 1.54) is 12.1 Å². The standard InChI is InChI=1S/C50H44F3NO8/c51-50(52,53)48(54-37-23-11-4-12-24-37)62-47-46(61-49(55)59-32-42-40-27-15-13-25-38(40)39-26-14-16-28-41(39)42)45(58-31-36-21-9-3-10-22-36)44(57-30-35-19-7-2-8-20-35)43(60-47)33-56-29-34-17-5-1-6-18-34/h1-28,42-47H,29-33H2/t43-,44-,45+,46+,47?/m1/s1. The van der Waals surface area contributed by atoms with Gasteiger partial charge in [-0.3, -0.25) is 0 Å². The molecule has 5 atom stereocenters. The highest BCUT2D eigenvalue weighted by Crippen LogP contribution is 2.44. The van der Waals surface area contributed by atoms with Gasteiger partial charge in [0.05, 0.1) is 32.1 Å². The zero-order valence-corrected chi connectivity index (χ0v) is 33.5. The van der Waals surface area contributed by atoms with E-state index >= 15 is 0 Å². The van der Waals surface area contributed by atoms with Crippen LogP contribution in [0, 0.1) is 0 Å². The van der Waals surface area contributed by atoms with Crippen molar-refractivity contribution >= 4 is 17.7 Å². The van der Waals surface area contributed by atoms with Crippen LogP contribution in [0.5, 0.6) is 0 Å². The molecule has 0 saturated carbocycles. The van der Waals surface area contributed by atoms with Crippen molar-refractivity contribution in [2.45, 2.75) is 62.6 Å². The zero-order chi connectivity index (χ0) is 42.7. The van der Waals surface area contributed by atoms with E-state index in [0.717, 1.165) is 38.9 Å². The molecule has 2 aliphatic rings. The average molecular weight is 844 g/mol. The summed E-state index contributed by atoms with van der Waals surface area (Å²) in [6, 6.07) is 51.1. The Kier molecular flexibility index (Phi) is 13.7. The van der Waals surface area contributed by atoms with Gasteiger partial charge in [-0.25, -0.2) is 9.79 Å². The average Bonchev–Trinajstić information content (AvgIpc) is 3.62. The minimum atomic E-state index is -5.09. The molecule has 1 fully saturated rings. The molecule has 1 heterocycles. The van der Waals surface area contributed by atoms with Gasteiger partial charge >= 0.3 is 12.3 Å². The third kappa shape index (κ3) is 10.6. The lowest BCUT2D eigenvalue weighted by Gasteiger charge is -2.45. The van der Waals surface area contributed by atoms with Crippen molar-refractivity contribution in [3.8, 4) is 11.1 Å². The van der Waals surface area contributed by atoms with E-state index in [2.05, 4.69) is 4.99 Å². The topological polar surface area (TPSA) is 94.0 Å². The summed E-state index contributed by atoms with van der Waals surface area (Å²) in [7, 11) is 0. The largest absolute Gasteiger partial charge is 0.508 e. The summed E-state index contributed by atoms with van der Waals surface area (Å²) in [5.41, 5.74) is 6.36. The molecule has 0 amide bonds. The molecular weight excluding hydrogens is 800 g/mol. The van der Waals surface area contributed by atoms with Gasteiger partial charge in [-0.15, -0.1) is 0 Å². The molecule has 1 saturated heterocycles. The van der Waals surface area contributed by atoms with Crippen molar-refractivity contribution in [2.75, 3.05) is 13.2 Å². The fourth-order valence-corrected chi connectivity index (χ4v) is 7.65. The lowest BCUT2D eigenvalue weighted by Crippen LogP contribution is -2.62. The van der Waals surface area contributed by atoms with Crippen LogP contribution < -0.4 is 0 Å². The highest BCUT2D eigenvalue weighted by Gasteiger charge is 2.53. The van der Waals surface area contributed by atoms with Crippen LogP contribution >= 0.6 is 0 Å². The number of rotatable bonds is 15. The Balaban J connectivity index is 1.14. The predicted octanol–water partition coefficient (Wildman–Crippen LogP) is 10.7. The number of aliphatic imine (C=N–C) groups is 1. The molecular formula is C50H44F3NO8. The summed E-state index contributed by atoms with van der Waals surface area (Å²) < 4.78 is 87.9. The van der Waals surface area contributed by atoms with Crippen LogP contribution in [-0.2, 0) is 53.0 Å². The second-order valence-corrected chi connectivity index (χ2v) is 14.8. The van der Waals surface area contributed by atoms with E-state index in [4.69, 9.17) is 33.2 Å². The predicted molar refractivity (Wildman–Crippen MR) is 225 cm³/mol. The number of para-hydroxylation sites is 1. The first-order valence-electron chi connectivity index (χ1n) is 20.3. The fraction of sp³-hybridized carbons (Fsp3) is 0.240. The molecule has 318 valence electrons. The third-order valence-corrected chi connectivity index (χ3v) is 10.6. The van der Waals surface area contributed by atoms with Crippen LogP contribution in [0.15, 0.2) is 175 Å². The second-order valence-electron chi connectivity index (χ2n) is 14.8. The summed E-state index contributed by atoms with van der Waals surface area (Å²) in [6.07, 6.45) is -13.3. The Morgan fingerprint density at radius 1 is 0.548 bits per heavy atom. The van der Waals surface area contributed by atoms with Crippen LogP contribution in [0.25, 0.3) is 11.1 Å². The van der Waals surface area contributed by atoms with Crippen molar-refractivity contribution in [3.05, 3.63) is 198 Å². The Hall–Kier alpha value is -6.31. The van der Waals surface area contributed by atoms with E-state index in [1.54, 1.807) is 18.2 Å². The maximum Gasteiger partial charge on any atom is 0.508 e. The first-order chi connectivity index (χ1) is 30.3. The number of nitrogens with zero attached hydrogens (tertiary/aromatic N) is 1. The first-order valence-corrected chi connectivity index (χ1v) is 20.3. The Morgan fingerprint density at radius 2 is 1.03 bits per heavy atom. The molecule has 1 aliphatic heterocycles. The van der Waals surface area contributed by atoms with Gasteiger partial charge in [-0.2, -0.15) is 13.2 Å². The summed E-state index contributed by atoms with van der Waals surface area (Å²) >= 11 is 0. The maximum absolute atomic E-state index is 14.9. The number of fused-ring (bicyclic) bond motifs is 3. The molecule has 0 bridgehead atoms. The highest BCUT2D eigenvalue weighted by molar-refractivity contribution is 5.84. The van der Waals surface area contributed by atoms with Crippen molar-refractivity contribution in [1.29, 1.82) is 0 Å². The number of benzene rings is 6. The molecule has 62 heavy (non-hydrogen) atoms. The normalized spacial score (nSPS) is 19.9. The lowest BCUT2D eigenvalue weighted by molar-refractivity contribution is -0.307. The summed E-state index contributed by atoms with van der Waals surface area (Å²) in [5.74, 6) is -1.94. The highest BCUT2D eigenvalue weighted by atomic mass is 19.4. The van der Waals surface area contributed by atoms with E-state index < -0.39 is 48.9 Å². The van der Waals surface area contributed by atoms with Gasteiger partial charge in [-0.05, 0) is 51.1 Å². The number of carbonyl (C=O) groups is 1. The minimum absolute atomic E-state index is 0.0201. The summed E-state index contributed by atoms with van der Waals surface area (Å²) in [5, 5.41) is 0. The van der Waals surface area contributed by atoms with Gasteiger partial charge in [0, 0.05) is 5.92 Å². The van der Waals surface area contributed by atoms with Crippen LogP contribution in [0.3, 0.4) is 0 Å². The molecule has 1 unspecified atom stereocenters. The molecule has 6 aromatic carbocycles. The molecule has 0 spiro atoms. The van der Waals surface area contributed by atoms with Crippen LogP contribution in [0.1, 0.15) is 33.7 Å². The van der Waals surface area contributed by atoms with E-state index in [0.29, 0.717) is 0 Å². The Bertz CT molecular complexity index is 2340. The number of carbonyl (C=O) groups excluding carboxylic acids is 1. The van der Waals surface area contributed by atoms with Gasteiger partial charge in [0.2, 0.25) is 6.29 Å². The molecule has 9 nitrogen and oxygen atoms in total. The smallest absolute Gasteiger partial charge is 0.440 e. The maximum atomic E-state index is 14.9. The third-order valence-electron chi connectivity index (χ3n) is 10.6. The second kappa shape index (κ2) is 20.0. The van der Waals surface area contributed by atoms with Gasteiger partial charge < -0.3 is 33.2 Å². The molecule has 0 radical (unpaired) electrons. The van der Waals surface area contributed by atoms with Crippen molar-refractivity contribution in [3.63, 3.8) is 0 Å². The molecule has 8 rings (SSSR count). The number of hydrogen-bond donors (Lipinski definition) is 0. The number of ether oxygens (including phenoxy) is 7.